The van der Waals surface area contributed by atoms with Crippen molar-refractivity contribution in [1.82, 2.24) is 25.1 Å². The Morgan fingerprint density at radius 2 is 1.93 bits per heavy atom. The Kier molecular flexibility index (Phi) is 5.80. The summed E-state index contributed by atoms with van der Waals surface area (Å²) >= 11 is 6.40. The Labute approximate surface area is 177 Å². The van der Waals surface area contributed by atoms with Crippen LogP contribution < -0.4 is 9.64 Å². The highest BCUT2D eigenvalue weighted by Crippen LogP contribution is 2.30. The highest BCUT2D eigenvalue weighted by molar-refractivity contribution is 6.33. The maximum absolute atomic E-state index is 13.2. The molecule has 30 heavy (non-hydrogen) atoms. The van der Waals surface area contributed by atoms with Crippen LogP contribution in [0.25, 0.3) is 5.69 Å². The Morgan fingerprint density at radius 1 is 1.13 bits per heavy atom. The van der Waals surface area contributed by atoms with Crippen LogP contribution in [0.15, 0.2) is 42.7 Å². The van der Waals surface area contributed by atoms with Crippen molar-refractivity contribution >= 4 is 23.2 Å². The molecule has 2 heterocycles. The SMILES string of the molecule is COc1cc(-n2cnnn2)c(Cl)cc1C(=O)N1CCCN(c2ccc(F)cc2)CC1. The lowest BCUT2D eigenvalue weighted by Gasteiger charge is -2.24. The highest BCUT2D eigenvalue weighted by Gasteiger charge is 2.24. The van der Waals surface area contributed by atoms with Gasteiger partial charge in [-0.05, 0) is 47.2 Å². The van der Waals surface area contributed by atoms with Crippen LogP contribution in [0.2, 0.25) is 5.02 Å². The molecule has 0 aliphatic carbocycles. The minimum absolute atomic E-state index is 0.155. The van der Waals surface area contributed by atoms with Gasteiger partial charge in [-0.1, -0.05) is 11.6 Å². The van der Waals surface area contributed by atoms with E-state index in [-0.39, 0.29) is 11.7 Å². The number of hydrogen-bond donors (Lipinski definition) is 0. The van der Waals surface area contributed by atoms with Crippen molar-refractivity contribution < 1.29 is 13.9 Å². The van der Waals surface area contributed by atoms with E-state index in [1.54, 1.807) is 29.2 Å². The van der Waals surface area contributed by atoms with Gasteiger partial charge in [-0.25, -0.2) is 4.39 Å². The Balaban J connectivity index is 1.54. The van der Waals surface area contributed by atoms with Gasteiger partial charge in [0.2, 0.25) is 0 Å². The van der Waals surface area contributed by atoms with Gasteiger partial charge in [0.1, 0.15) is 17.9 Å². The molecule has 0 radical (unpaired) electrons. The zero-order valence-electron chi connectivity index (χ0n) is 16.3. The van der Waals surface area contributed by atoms with Gasteiger partial charge in [0.05, 0.1) is 23.4 Å². The van der Waals surface area contributed by atoms with E-state index in [9.17, 15) is 9.18 Å². The number of ether oxygens (including phenoxy) is 1. The van der Waals surface area contributed by atoms with Crippen molar-refractivity contribution in [2.75, 3.05) is 38.2 Å². The molecule has 3 aromatic rings. The van der Waals surface area contributed by atoms with Crippen LogP contribution in [0.5, 0.6) is 5.75 Å². The number of anilines is 1. The normalized spacial score (nSPS) is 14.5. The predicted molar refractivity (Wildman–Crippen MR) is 110 cm³/mol. The number of halogens is 2. The van der Waals surface area contributed by atoms with Crippen LogP contribution in [-0.2, 0) is 0 Å². The fraction of sp³-hybridized carbons (Fsp3) is 0.300. The summed E-state index contributed by atoms with van der Waals surface area (Å²) in [5.41, 5.74) is 1.85. The summed E-state index contributed by atoms with van der Waals surface area (Å²) in [6.07, 6.45) is 2.21. The number of aromatic nitrogens is 4. The van der Waals surface area contributed by atoms with Gasteiger partial charge in [-0.3, -0.25) is 4.79 Å². The molecule has 156 valence electrons. The van der Waals surface area contributed by atoms with Crippen molar-refractivity contribution in [3.63, 3.8) is 0 Å². The first kappa shape index (κ1) is 20.1. The third kappa shape index (κ3) is 4.06. The largest absolute Gasteiger partial charge is 0.496 e. The molecule has 2 aromatic carbocycles. The van der Waals surface area contributed by atoms with E-state index in [4.69, 9.17) is 16.3 Å². The van der Waals surface area contributed by atoms with E-state index in [2.05, 4.69) is 20.4 Å². The molecule has 0 N–H and O–H groups in total. The number of tetrazole rings is 1. The molecule has 1 amide bonds. The fourth-order valence-electron chi connectivity index (χ4n) is 3.53. The standard InChI is InChI=1S/C20H20ClFN6O2/c1-30-19-12-18(28-13-23-24-25-28)17(21)11-16(19)20(29)27-8-2-7-26(9-10-27)15-5-3-14(22)4-6-15/h3-6,11-13H,2,7-10H2,1H3. The predicted octanol–water partition coefficient (Wildman–Crippen LogP) is 2.82. The molecule has 0 spiro atoms. The van der Waals surface area contributed by atoms with Crippen LogP contribution in [0, 0.1) is 5.82 Å². The average Bonchev–Trinajstić information content (AvgIpc) is 3.18. The topological polar surface area (TPSA) is 76.4 Å². The molecular formula is C20H20ClFN6O2. The number of carbonyl (C=O) groups is 1. The molecule has 1 saturated heterocycles. The lowest BCUT2D eigenvalue weighted by molar-refractivity contribution is 0.0763. The third-order valence-electron chi connectivity index (χ3n) is 5.07. The second kappa shape index (κ2) is 8.66. The zero-order valence-corrected chi connectivity index (χ0v) is 17.1. The van der Waals surface area contributed by atoms with E-state index >= 15 is 0 Å². The van der Waals surface area contributed by atoms with Gasteiger partial charge in [-0.2, -0.15) is 4.68 Å². The summed E-state index contributed by atoms with van der Waals surface area (Å²) in [4.78, 5) is 17.2. The number of methoxy groups -OCH3 is 1. The van der Waals surface area contributed by atoms with Gasteiger partial charge in [-0.15, -0.1) is 5.10 Å². The van der Waals surface area contributed by atoms with E-state index in [0.29, 0.717) is 41.7 Å². The van der Waals surface area contributed by atoms with Crippen LogP contribution in [0.1, 0.15) is 16.8 Å². The second-order valence-corrected chi connectivity index (χ2v) is 7.27. The van der Waals surface area contributed by atoms with Crippen LogP contribution in [0.3, 0.4) is 0 Å². The first-order valence-corrected chi connectivity index (χ1v) is 9.85. The maximum Gasteiger partial charge on any atom is 0.257 e. The molecule has 8 nitrogen and oxygen atoms in total. The number of amides is 1. The Bertz CT molecular complexity index is 1030. The molecule has 0 saturated carbocycles. The van der Waals surface area contributed by atoms with Gasteiger partial charge in [0, 0.05) is 37.9 Å². The Hall–Kier alpha value is -3.20. The summed E-state index contributed by atoms with van der Waals surface area (Å²) in [5, 5.41) is 11.4. The molecular weight excluding hydrogens is 411 g/mol. The molecule has 1 aromatic heterocycles. The highest BCUT2D eigenvalue weighted by atomic mass is 35.5. The van der Waals surface area contributed by atoms with Gasteiger partial charge in [0.25, 0.3) is 5.91 Å². The molecule has 1 fully saturated rings. The summed E-state index contributed by atoms with van der Waals surface area (Å²) in [5.74, 6) is -0.0213. The number of rotatable bonds is 4. The molecule has 1 aliphatic rings. The smallest absolute Gasteiger partial charge is 0.257 e. The van der Waals surface area contributed by atoms with E-state index in [0.717, 1.165) is 18.7 Å². The monoisotopic (exact) mass is 430 g/mol. The minimum Gasteiger partial charge on any atom is -0.496 e. The molecule has 0 bridgehead atoms. The minimum atomic E-state index is -0.264. The second-order valence-electron chi connectivity index (χ2n) is 6.87. The van der Waals surface area contributed by atoms with Crippen LogP contribution in [0.4, 0.5) is 10.1 Å². The number of nitrogens with zero attached hydrogens (tertiary/aromatic N) is 6. The molecule has 0 atom stereocenters. The zero-order chi connectivity index (χ0) is 21.1. The van der Waals surface area contributed by atoms with Crippen molar-refractivity contribution in [3.05, 3.63) is 59.1 Å². The molecule has 1 aliphatic heterocycles. The third-order valence-corrected chi connectivity index (χ3v) is 5.37. The average molecular weight is 431 g/mol. The van der Waals surface area contributed by atoms with Crippen LogP contribution >= 0.6 is 11.6 Å². The van der Waals surface area contributed by atoms with Crippen molar-refractivity contribution in [1.29, 1.82) is 0 Å². The maximum atomic E-state index is 13.2. The summed E-state index contributed by atoms with van der Waals surface area (Å²) in [6.45, 7) is 2.57. The summed E-state index contributed by atoms with van der Waals surface area (Å²) < 4.78 is 20.1. The fourth-order valence-corrected chi connectivity index (χ4v) is 3.78. The van der Waals surface area contributed by atoms with Crippen molar-refractivity contribution in [2.45, 2.75) is 6.42 Å². The Morgan fingerprint density at radius 3 is 2.63 bits per heavy atom. The van der Waals surface area contributed by atoms with Gasteiger partial charge in [0.15, 0.2) is 0 Å². The molecule has 4 rings (SSSR count). The van der Waals surface area contributed by atoms with E-state index in [1.807, 2.05) is 0 Å². The lowest BCUT2D eigenvalue weighted by Crippen LogP contribution is -2.35. The van der Waals surface area contributed by atoms with E-state index in [1.165, 1.54) is 30.3 Å². The first-order valence-electron chi connectivity index (χ1n) is 9.47. The van der Waals surface area contributed by atoms with E-state index < -0.39 is 0 Å². The lowest BCUT2D eigenvalue weighted by atomic mass is 10.1. The quantitative estimate of drug-likeness (QED) is 0.633. The van der Waals surface area contributed by atoms with Crippen molar-refractivity contribution in [3.8, 4) is 11.4 Å². The number of hydrogen-bond acceptors (Lipinski definition) is 6. The van der Waals surface area contributed by atoms with Crippen molar-refractivity contribution in [2.24, 2.45) is 0 Å². The van der Waals surface area contributed by atoms with Crippen LogP contribution in [-0.4, -0.2) is 64.3 Å². The summed E-state index contributed by atoms with van der Waals surface area (Å²) in [7, 11) is 1.50. The van der Waals surface area contributed by atoms with Gasteiger partial charge < -0.3 is 14.5 Å². The molecule has 10 heteroatoms. The first-order chi connectivity index (χ1) is 14.6. The summed E-state index contributed by atoms with van der Waals surface area (Å²) in [6, 6.07) is 9.64. The molecule has 0 unspecified atom stereocenters. The number of carbonyl (C=O) groups excluding carboxylic acids is 1. The van der Waals surface area contributed by atoms with Gasteiger partial charge >= 0.3 is 0 Å². The number of benzene rings is 2.